The molecule has 2 radical (unpaired) electrons. The summed E-state index contributed by atoms with van der Waals surface area (Å²) in [7, 11) is 0. The van der Waals surface area contributed by atoms with Crippen LogP contribution in [0.2, 0.25) is 0 Å². The Bertz CT molecular complexity index is 357. The predicted molar refractivity (Wildman–Crippen MR) is 119 cm³/mol. The molecule has 0 aromatic rings. The molecule has 0 bridgehead atoms. The average Bonchev–Trinajstić information content (AvgIpc) is 2.51. The number of rotatable bonds is 14. The van der Waals surface area contributed by atoms with E-state index in [0.29, 0.717) is 10.8 Å². The second kappa shape index (κ2) is 19.7. The molecule has 0 aromatic heterocycles. The first-order valence-corrected chi connectivity index (χ1v) is 11.2. The van der Waals surface area contributed by atoms with Gasteiger partial charge in [0.05, 0.1) is 0 Å². The Hall–Kier alpha value is -0.261. The zero-order chi connectivity index (χ0) is 22.1. The smallest absolute Gasteiger partial charge is 0.550 e. The Kier molecular flexibility index (Phi) is 22.7. The second-order valence-electron chi connectivity index (χ2n) is 10.4. The van der Waals surface area contributed by atoms with Gasteiger partial charge >= 0.3 is 23.9 Å². The predicted octanol–water partition coefficient (Wildman–Crippen LogP) is 4.65. The minimum absolute atomic E-state index is 0. The van der Waals surface area contributed by atoms with Gasteiger partial charge in [0.2, 0.25) is 0 Å². The van der Waals surface area contributed by atoms with Gasteiger partial charge in [-0.05, 0) is 49.4 Å². The van der Waals surface area contributed by atoms with Crippen LogP contribution >= 0.6 is 0 Å². The van der Waals surface area contributed by atoms with E-state index in [4.69, 9.17) is 0 Å². The maximum absolute atomic E-state index is 10.1. The molecule has 0 unspecified atom stereocenters. The summed E-state index contributed by atoms with van der Waals surface area (Å²) in [4.78, 5) is 20.2. The quantitative estimate of drug-likeness (QED) is 0.248. The Balaban J connectivity index is -0.000000451. The Labute approximate surface area is 197 Å². The number of hydrogen-bond donors (Lipinski definition) is 0. The number of carboxylic acids is 2. The van der Waals surface area contributed by atoms with Crippen LogP contribution in [0.4, 0.5) is 0 Å². The van der Waals surface area contributed by atoms with Crippen LogP contribution in [0.15, 0.2) is 0 Å². The van der Waals surface area contributed by atoms with Gasteiger partial charge in [-0.2, -0.15) is 0 Å². The van der Waals surface area contributed by atoms with Crippen molar-refractivity contribution in [2.24, 2.45) is 10.8 Å². The molecule has 4 nitrogen and oxygen atoms in total. The van der Waals surface area contributed by atoms with Crippen LogP contribution in [0.25, 0.3) is 0 Å². The first-order valence-electron chi connectivity index (χ1n) is 11.2. The first-order chi connectivity index (χ1) is 12.8. The Morgan fingerprint density at radius 2 is 0.759 bits per heavy atom. The van der Waals surface area contributed by atoms with Crippen molar-refractivity contribution in [1.82, 2.24) is 0 Å². The Morgan fingerprint density at radius 3 is 1.00 bits per heavy atom. The fourth-order valence-electron chi connectivity index (χ4n) is 2.91. The normalized spacial score (nSPS) is 11.2. The monoisotopic (exact) mass is 518 g/mol. The van der Waals surface area contributed by atoms with Crippen molar-refractivity contribution in [1.29, 1.82) is 0 Å². The molecule has 29 heavy (non-hydrogen) atoms. The van der Waals surface area contributed by atoms with Crippen molar-refractivity contribution < 1.29 is 19.8 Å². The summed E-state index contributed by atoms with van der Waals surface area (Å²) in [6, 6.07) is 0. The second-order valence-corrected chi connectivity index (χ2v) is 10.4. The molecule has 0 saturated carbocycles. The molecular formula is C24H46O4Sn. The molecule has 0 fully saturated rings. The fraction of sp³-hybridized carbons (Fsp3) is 0.917. The van der Waals surface area contributed by atoms with Gasteiger partial charge in [0.1, 0.15) is 0 Å². The molecule has 0 rings (SSSR count). The van der Waals surface area contributed by atoms with E-state index in [1.165, 1.54) is 38.5 Å². The maximum Gasteiger partial charge on any atom is 2.00 e. The third-order valence-corrected chi connectivity index (χ3v) is 4.62. The van der Waals surface area contributed by atoms with Crippen molar-refractivity contribution in [3.05, 3.63) is 0 Å². The summed E-state index contributed by atoms with van der Waals surface area (Å²) in [6.07, 6.45) is 13.8. The number of carbonyl (C=O) groups excluding carboxylic acids is 2. The molecule has 5 heteroatoms. The minimum atomic E-state index is -0.917. The van der Waals surface area contributed by atoms with Crippen molar-refractivity contribution in [3.63, 3.8) is 0 Å². The maximum atomic E-state index is 10.1. The zero-order valence-corrected chi connectivity index (χ0v) is 22.9. The van der Waals surface area contributed by atoms with Crippen LogP contribution in [-0.2, 0) is 9.59 Å². The van der Waals surface area contributed by atoms with Crippen LogP contribution in [0.1, 0.15) is 131 Å². The van der Waals surface area contributed by atoms with Crippen molar-refractivity contribution in [3.8, 4) is 0 Å². The Morgan fingerprint density at radius 1 is 0.517 bits per heavy atom. The van der Waals surface area contributed by atoms with Crippen LogP contribution < -0.4 is 10.2 Å². The van der Waals surface area contributed by atoms with Crippen LogP contribution in [0.5, 0.6) is 0 Å². The summed E-state index contributed by atoms with van der Waals surface area (Å²) in [5.41, 5.74) is 0.871. The third-order valence-electron chi connectivity index (χ3n) is 4.62. The van der Waals surface area contributed by atoms with Gasteiger partial charge in [0.25, 0.3) is 0 Å². The van der Waals surface area contributed by atoms with Crippen molar-refractivity contribution >= 4 is 35.8 Å². The molecule has 0 aliphatic heterocycles. The van der Waals surface area contributed by atoms with Gasteiger partial charge in [-0.15, -0.1) is 0 Å². The summed E-state index contributed by atoms with van der Waals surface area (Å²) in [5, 5.41) is 20.2. The van der Waals surface area contributed by atoms with E-state index in [1.54, 1.807) is 0 Å². The molecule has 0 aliphatic carbocycles. The summed E-state index contributed by atoms with van der Waals surface area (Å²) in [6.45, 7) is 13.5. The van der Waals surface area contributed by atoms with E-state index in [9.17, 15) is 19.8 Å². The molecule has 0 saturated heterocycles. The molecule has 170 valence electrons. The molecule has 0 N–H and O–H groups in total. The number of unbranched alkanes of at least 4 members (excludes halogenated alkanes) is 8. The van der Waals surface area contributed by atoms with E-state index in [-0.39, 0.29) is 36.7 Å². The van der Waals surface area contributed by atoms with E-state index < -0.39 is 11.9 Å². The van der Waals surface area contributed by atoms with E-state index in [0.717, 1.165) is 38.5 Å². The van der Waals surface area contributed by atoms with Crippen molar-refractivity contribution in [2.75, 3.05) is 0 Å². The average molecular weight is 517 g/mol. The third kappa shape index (κ3) is 38.9. The molecule has 0 heterocycles. The van der Waals surface area contributed by atoms with E-state index >= 15 is 0 Å². The van der Waals surface area contributed by atoms with Gasteiger partial charge in [-0.3, -0.25) is 0 Å². The van der Waals surface area contributed by atoms with Gasteiger partial charge < -0.3 is 19.8 Å². The minimum Gasteiger partial charge on any atom is -0.550 e. The van der Waals surface area contributed by atoms with Gasteiger partial charge in [-0.25, -0.2) is 0 Å². The topological polar surface area (TPSA) is 80.3 Å². The van der Waals surface area contributed by atoms with Crippen LogP contribution in [-0.4, -0.2) is 35.8 Å². The zero-order valence-electron chi connectivity index (χ0n) is 20.0. The van der Waals surface area contributed by atoms with E-state index in [2.05, 4.69) is 41.5 Å². The number of carbonyl (C=O) groups is 2. The van der Waals surface area contributed by atoms with Gasteiger partial charge in [0.15, 0.2) is 0 Å². The van der Waals surface area contributed by atoms with E-state index in [1.807, 2.05) is 0 Å². The van der Waals surface area contributed by atoms with Gasteiger partial charge in [-0.1, -0.05) is 92.9 Å². The van der Waals surface area contributed by atoms with Crippen molar-refractivity contribution in [2.45, 2.75) is 131 Å². The number of aliphatic carboxylic acids is 2. The molecular weight excluding hydrogens is 471 g/mol. The first kappa shape index (κ1) is 33.4. The SMILES string of the molecule is CC(C)(C)CCCCCCCC(=O)[O-].CC(C)(C)CCCCCCCC(=O)[O-].[Sn+2]. The molecule has 0 aromatic carbocycles. The van der Waals surface area contributed by atoms with Crippen LogP contribution in [0.3, 0.4) is 0 Å². The summed E-state index contributed by atoms with van der Waals surface area (Å²) < 4.78 is 0. The number of hydrogen-bond acceptors (Lipinski definition) is 4. The van der Waals surface area contributed by atoms with Crippen LogP contribution in [0, 0.1) is 10.8 Å². The standard InChI is InChI=1S/2C12H24O2.Sn/c2*1-12(2,3)10-8-6-4-5-7-9-11(13)14;/h2*4-10H2,1-3H3,(H,13,14);/q;;+2/p-2. The number of carboxylic acid groups (broad SMARTS) is 2. The molecule has 0 spiro atoms. The largest absolute Gasteiger partial charge is 2.00 e. The molecule has 0 amide bonds. The summed E-state index contributed by atoms with van der Waals surface area (Å²) >= 11 is 0. The molecule has 0 atom stereocenters. The fourth-order valence-corrected chi connectivity index (χ4v) is 2.91. The van der Waals surface area contributed by atoms with Gasteiger partial charge in [0, 0.05) is 11.9 Å². The molecule has 0 aliphatic rings. The summed E-state index contributed by atoms with van der Waals surface area (Å²) in [5.74, 6) is -1.83.